The molecular weight excluding hydrogens is 164 g/mol. The van der Waals surface area contributed by atoms with Crippen molar-refractivity contribution >= 4 is 28.1 Å². The molecule has 0 spiro atoms. The van der Waals surface area contributed by atoms with E-state index in [2.05, 4.69) is 4.98 Å². The lowest BCUT2D eigenvalue weighted by atomic mass is 10.3. The summed E-state index contributed by atoms with van der Waals surface area (Å²) in [5.74, 6) is -0.685. The van der Waals surface area contributed by atoms with Gasteiger partial charge in [0.2, 0.25) is 0 Å². The molecule has 0 aliphatic rings. The second kappa shape index (κ2) is 2.67. The van der Waals surface area contributed by atoms with Crippen LogP contribution in [0.4, 0.5) is 5.13 Å². The molecule has 58 valence electrons. The third-order valence-corrected chi connectivity index (χ3v) is 1.74. The number of thiazole rings is 1. The van der Waals surface area contributed by atoms with Gasteiger partial charge in [0.05, 0.1) is 0 Å². The molecule has 0 aromatic carbocycles. The zero-order valence-electron chi connectivity index (χ0n) is 5.57. The van der Waals surface area contributed by atoms with Crippen LogP contribution in [0.2, 0.25) is 0 Å². The summed E-state index contributed by atoms with van der Waals surface area (Å²) in [6, 6.07) is 0. The maximum Gasteiger partial charge on any atom is 0.315 e. The van der Waals surface area contributed by atoms with Crippen LogP contribution in [0, 0.1) is 0 Å². The summed E-state index contributed by atoms with van der Waals surface area (Å²) >= 11 is 1.21. The van der Waals surface area contributed by atoms with Crippen LogP contribution in [0.5, 0.6) is 0 Å². The van der Waals surface area contributed by atoms with Crippen LogP contribution in [0.25, 0.3) is 0 Å². The van der Waals surface area contributed by atoms with E-state index in [1.54, 1.807) is 5.38 Å². The molecule has 0 radical (unpaired) electrons. The highest BCUT2D eigenvalue weighted by atomic mass is 32.1. The quantitative estimate of drug-likeness (QED) is 0.438. The van der Waals surface area contributed by atoms with Gasteiger partial charge in [-0.25, -0.2) is 10.4 Å². The summed E-state index contributed by atoms with van der Waals surface area (Å²) < 4.78 is 0. The van der Waals surface area contributed by atoms with Crippen molar-refractivity contribution in [1.82, 2.24) is 4.98 Å². The lowest BCUT2D eigenvalue weighted by Gasteiger charge is -1.84. The molecule has 1 aromatic heterocycles. The number of hydrogen-bond donors (Lipinski definition) is 3. The van der Waals surface area contributed by atoms with E-state index in [-0.39, 0.29) is 5.71 Å². The Balaban J connectivity index is 2.94. The number of amides is 1. The summed E-state index contributed by atoms with van der Waals surface area (Å²) in [5, 5.41) is 7.23. The summed E-state index contributed by atoms with van der Waals surface area (Å²) in [7, 11) is 0. The first-order valence-corrected chi connectivity index (χ1v) is 3.63. The second-order valence-corrected chi connectivity index (χ2v) is 2.74. The highest BCUT2D eigenvalue weighted by Gasteiger charge is 2.16. The Bertz CT molecular complexity index is 305. The van der Waals surface area contributed by atoms with Crippen LogP contribution in [0.15, 0.2) is 5.38 Å². The zero-order chi connectivity index (χ0) is 8.43. The Labute approximate surface area is 66.5 Å². The van der Waals surface area contributed by atoms with Gasteiger partial charge >= 0.3 is 5.91 Å². The number of hydrogen-bond acceptors (Lipinski definition) is 4. The van der Waals surface area contributed by atoms with Crippen molar-refractivity contribution in [2.24, 2.45) is 5.73 Å². The predicted octanol–water partition coefficient (Wildman–Crippen LogP) is -2.24. The van der Waals surface area contributed by atoms with Crippen LogP contribution in [0.1, 0.15) is 5.69 Å². The van der Waals surface area contributed by atoms with Crippen molar-refractivity contribution in [3.05, 3.63) is 11.1 Å². The normalized spacial score (nSPS) is 9.45. The van der Waals surface area contributed by atoms with Crippen LogP contribution >= 0.6 is 11.3 Å². The minimum atomic E-state index is -0.685. The van der Waals surface area contributed by atoms with Gasteiger partial charge in [-0.1, -0.05) is 0 Å². The Morgan fingerprint density at radius 3 is 2.73 bits per heavy atom. The third-order valence-electron chi connectivity index (χ3n) is 1.06. The van der Waals surface area contributed by atoms with Crippen LogP contribution in [-0.4, -0.2) is 16.6 Å². The smallest absolute Gasteiger partial charge is 0.315 e. The number of anilines is 1. The van der Waals surface area contributed by atoms with E-state index in [4.69, 9.17) is 16.9 Å². The molecule has 5 nitrogen and oxygen atoms in total. The van der Waals surface area contributed by atoms with Gasteiger partial charge in [0.15, 0.2) is 10.8 Å². The molecule has 0 saturated heterocycles. The standard InChI is InChI=1S/C5H6N4OS/c6-3(4(7)10)2-1-11-5(8)9-2/h1,6H,(H2,7,10)(H2,8,9)/p+1. The Morgan fingerprint density at radius 1 is 1.73 bits per heavy atom. The van der Waals surface area contributed by atoms with E-state index >= 15 is 0 Å². The number of rotatable bonds is 2. The highest BCUT2D eigenvalue weighted by Crippen LogP contribution is 2.09. The van der Waals surface area contributed by atoms with E-state index in [0.717, 1.165) is 0 Å². The summed E-state index contributed by atoms with van der Waals surface area (Å²) in [6.45, 7) is 0. The van der Waals surface area contributed by atoms with E-state index in [0.29, 0.717) is 10.8 Å². The number of carbonyl (C=O) groups excluding carboxylic acids is 1. The van der Waals surface area contributed by atoms with Crippen LogP contribution in [0.3, 0.4) is 0 Å². The van der Waals surface area contributed by atoms with Crippen molar-refractivity contribution in [2.45, 2.75) is 0 Å². The second-order valence-electron chi connectivity index (χ2n) is 1.85. The lowest BCUT2D eigenvalue weighted by Crippen LogP contribution is -2.48. The fourth-order valence-electron chi connectivity index (χ4n) is 0.538. The number of aromatic nitrogens is 1. The molecule has 0 aliphatic heterocycles. The summed E-state index contributed by atoms with van der Waals surface area (Å²) in [6.07, 6.45) is 0. The number of nitrogen functional groups attached to an aromatic ring is 1. The number of primary amides is 1. The van der Waals surface area contributed by atoms with Crippen LogP contribution in [-0.2, 0) is 4.79 Å². The third kappa shape index (κ3) is 1.53. The molecule has 6 N–H and O–H groups in total. The van der Waals surface area contributed by atoms with Crippen molar-refractivity contribution in [3.63, 3.8) is 0 Å². The van der Waals surface area contributed by atoms with E-state index < -0.39 is 5.91 Å². The Morgan fingerprint density at radius 2 is 2.36 bits per heavy atom. The zero-order valence-corrected chi connectivity index (χ0v) is 6.39. The molecule has 0 bridgehead atoms. The fourth-order valence-corrected chi connectivity index (χ4v) is 1.10. The molecule has 1 heterocycles. The molecule has 1 aromatic rings. The van der Waals surface area contributed by atoms with Crippen LogP contribution < -0.4 is 16.9 Å². The Kier molecular flexibility index (Phi) is 1.86. The van der Waals surface area contributed by atoms with Crippen molar-refractivity contribution in [2.75, 3.05) is 5.73 Å². The Hall–Kier alpha value is -1.43. The summed E-state index contributed by atoms with van der Waals surface area (Å²) in [5.41, 5.74) is 10.5. The van der Waals surface area contributed by atoms with Gasteiger partial charge in [-0.15, -0.1) is 11.3 Å². The first-order chi connectivity index (χ1) is 5.11. The molecule has 6 heteroatoms. The summed E-state index contributed by atoms with van der Waals surface area (Å²) in [4.78, 5) is 14.3. The largest absolute Gasteiger partial charge is 0.375 e. The molecule has 0 atom stereocenters. The molecule has 0 aliphatic carbocycles. The van der Waals surface area contributed by atoms with Crippen molar-refractivity contribution in [3.8, 4) is 0 Å². The SMILES string of the molecule is NC(=O)C(=[NH2+])c1csc(N)n1. The molecule has 11 heavy (non-hydrogen) atoms. The van der Waals surface area contributed by atoms with Gasteiger partial charge in [0, 0.05) is 5.38 Å². The predicted molar refractivity (Wildman–Crippen MR) is 41.8 cm³/mol. The molecule has 1 amide bonds. The maximum atomic E-state index is 10.5. The molecule has 0 fully saturated rings. The van der Waals surface area contributed by atoms with Gasteiger partial charge in [-0.05, 0) is 0 Å². The minimum Gasteiger partial charge on any atom is -0.375 e. The van der Waals surface area contributed by atoms with E-state index in [1.807, 2.05) is 0 Å². The van der Waals surface area contributed by atoms with Gasteiger partial charge < -0.3 is 11.5 Å². The maximum absolute atomic E-state index is 10.5. The van der Waals surface area contributed by atoms with Gasteiger partial charge in [-0.2, -0.15) is 0 Å². The number of nitrogens with zero attached hydrogens (tertiary/aromatic N) is 1. The monoisotopic (exact) mass is 171 g/mol. The first kappa shape index (κ1) is 7.67. The topological polar surface area (TPSA) is 108 Å². The number of nitrogens with two attached hydrogens (primary N) is 3. The van der Waals surface area contributed by atoms with Gasteiger partial charge in [0.25, 0.3) is 5.71 Å². The van der Waals surface area contributed by atoms with Crippen molar-refractivity contribution < 1.29 is 10.2 Å². The van der Waals surface area contributed by atoms with Crippen molar-refractivity contribution in [1.29, 1.82) is 0 Å². The van der Waals surface area contributed by atoms with E-state index in [9.17, 15) is 4.79 Å². The fraction of sp³-hybridized carbons (Fsp3) is 0. The van der Waals surface area contributed by atoms with Gasteiger partial charge in [0.1, 0.15) is 0 Å². The molecule has 1 rings (SSSR count). The minimum absolute atomic E-state index is 0.0575. The average Bonchev–Trinajstić information content (AvgIpc) is 2.34. The number of carbonyl (C=O) groups is 1. The first-order valence-electron chi connectivity index (χ1n) is 2.75. The van der Waals surface area contributed by atoms with Gasteiger partial charge in [-0.3, -0.25) is 4.79 Å². The molecule has 0 unspecified atom stereocenters. The lowest BCUT2D eigenvalue weighted by molar-refractivity contribution is -0.133. The molecule has 0 saturated carbocycles. The molecular formula is C5H7N4OS+. The highest BCUT2D eigenvalue weighted by molar-refractivity contribution is 7.13. The average molecular weight is 171 g/mol. The van der Waals surface area contributed by atoms with E-state index in [1.165, 1.54) is 11.3 Å².